The van der Waals surface area contributed by atoms with Crippen molar-refractivity contribution in [1.29, 1.82) is 0 Å². The fourth-order valence-corrected chi connectivity index (χ4v) is 2.39. The SMILES string of the molecule is CCOC(=O)CC(=O)Nc1ccc(NC(=O)C(C)Oc2ccccc2Cl)cc1. The summed E-state index contributed by atoms with van der Waals surface area (Å²) in [6, 6.07) is 13.4. The Balaban J connectivity index is 1.87. The molecule has 2 N–H and O–H groups in total. The standard InChI is InChI=1S/C20H21ClN2O5/c1-3-27-19(25)12-18(24)22-14-8-10-15(11-9-14)23-20(26)13(2)28-17-7-5-4-6-16(17)21/h4-11,13H,3,12H2,1-2H3,(H,22,24)(H,23,26). The van der Waals surface area contributed by atoms with Crippen molar-refractivity contribution in [3.8, 4) is 5.75 Å². The Kier molecular flexibility index (Phi) is 7.83. The van der Waals surface area contributed by atoms with Crippen LogP contribution >= 0.6 is 11.6 Å². The van der Waals surface area contributed by atoms with Gasteiger partial charge < -0.3 is 20.1 Å². The van der Waals surface area contributed by atoms with Gasteiger partial charge in [0, 0.05) is 11.4 Å². The first-order valence-corrected chi connectivity index (χ1v) is 9.04. The van der Waals surface area contributed by atoms with Gasteiger partial charge in [-0.05, 0) is 50.2 Å². The first-order chi connectivity index (χ1) is 13.4. The minimum absolute atomic E-state index is 0.221. The van der Waals surface area contributed by atoms with Crippen LogP contribution < -0.4 is 15.4 Å². The molecular formula is C20H21ClN2O5. The topological polar surface area (TPSA) is 93.7 Å². The quantitative estimate of drug-likeness (QED) is 0.517. The lowest BCUT2D eigenvalue weighted by Crippen LogP contribution is -2.30. The molecule has 2 aromatic carbocycles. The number of carbonyl (C=O) groups excluding carboxylic acids is 3. The summed E-state index contributed by atoms with van der Waals surface area (Å²) in [5.41, 5.74) is 1.02. The van der Waals surface area contributed by atoms with E-state index in [1.165, 1.54) is 0 Å². The minimum Gasteiger partial charge on any atom is -0.479 e. The monoisotopic (exact) mass is 404 g/mol. The first kappa shape index (κ1) is 21.2. The predicted molar refractivity (Wildman–Crippen MR) is 106 cm³/mol. The van der Waals surface area contributed by atoms with Crippen molar-refractivity contribution in [3.63, 3.8) is 0 Å². The Morgan fingerprint density at radius 2 is 1.61 bits per heavy atom. The van der Waals surface area contributed by atoms with E-state index in [-0.39, 0.29) is 18.9 Å². The summed E-state index contributed by atoms with van der Waals surface area (Å²) in [5.74, 6) is -0.987. The highest BCUT2D eigenvalue weighted by atomic mass is 35.5. The largest absolute Gasteiger partial charge is 0.479 e. The highest BCUT2D eigenvalue weighted by Gasteiger charge is 2.16. The molecule has 2 aromatic rings. The molecule has 148 valence electrons. The van der Waals surface area contributed by atoms with Gasteiger partial charge in [0.25, 0.3) is 5.91 Å². The van der Waals surface area contributed by atoms with Crippen LogP contribution in [0.5, 0.6) is 5.75 Å². The van der Waals surface area contributed by atoms with Gasteiger partial charge in [-0.25, -0.2) is 0 Å². The van der Waals surface area contributed by atoms with E-state index in [0.717, 1.165) is 0 Å². The van der Waals surface area contributed by atoms with E-state index < -0.39 is 18.0 Å². The molecule has 0 aliphatic heterocycles. The molecule has 8 heteroatoms. The second-order valence-electron chi connectivity index (χ2n) is 5.79. The van der Waals surface area contributed by atoms with Crippen LogP contribution in [0.4, 0.5) is 11.4 Å². The number of anilines is 2. The maximum absolute atomic E-state index is 12.3. The summed E-state index contributed by atoms with van der Waals surface area (Å²) in [7, 11) is 0. The zero-order chi connectivity index (χ0) is 20.5. The lowest BCUT2D eigenvalue weighted by Gasteiger charge is -2.15. The Bertz CT molecular complexity index is 839. The van der Waals surface area contributed by atoms with Crippen LogP contribution in [0.25, 0.3) is 0 Å². The fraction of sp³-hybridized carbons (Fsp3) is 0.250. The molecule has 0 fully saturated rings. The van der Waals surface area contributed by atoms with Gasteiger partial charge >= 0.3 is 5.97 Å². The van der Waals surface area contributed by atoms with Crippen LogP contribution in [-0.4, -0.2) is 30.5 Å². The van der Waals surface area contributed by atoms with Crippen LogP contribution in [0, 0.1) is 0 Å². The van der Waals surface area contributed by atoms with Gasteiger partial charge in [-0.1, -0.05) is 23.7 Å². The Morgan fingerprint density at radius 3 is 2.21 bits per heavy atom. The van der Waals surface area contributed by atoms with Crippen LogP contribution in [0.2, 0.25) is 5.02 Å². The highest BCUT2D eigenvalue weighted by molar-refractivity contribution is 6.32. The van der Waals surface area contributed by atoms with E-state index in [1.807, 2.05) is 0 Å². The molecule has 1 atom stereocenters. The normalized spacial score (nSPS) is 11.2. The lowest BCUT2D eigenvalue weighted by atomic mass is 10.2. The zero-order valence-electron chi connectivity index (χ0n) is 15.5. The smallest absolute Gasteiger partial charge is 0.315 e. The molecule has 0 heterocycles. The number of amides is 2. The minimum atomic E-state index is -0.760. The van der Waals surface area contributed by atoms with Gasteiger partial charge in [0.1, 0.15) is 12.2 Å². The Morgan fingerprint density at radius 1 is 1.00 bits per heavy atom. The lowest BCUT2D eigenvalue weighted by molar-refractivity contribution is -0.145. The van der Waals surface area contributed by atoms with E-state index in [9.17, 15) is 14.4 Å². The maximum atomic E-state index is 12.3. The van der Waals surface area contributed by atoms with Crippen molar-refractivity contribution >= 4 is 40.8 Å². The van der Waals surface area contributed by atoms with Crippen LogP contribution in [-0.2, 0) is 19.1 Å². The molecule has 7 nitrogen and oxygen atoms in total. The number of ether oxygens (including phenoxy) is 2. The van der Waals surface area contributed by atoms with E-state index >= 15 is 0 Å². The summed E-state index contributed by atoms with van der Waals surface area (Å²) in [6.45, 7) is 3.50. The maximum Gasteiger partial charge on any atom is 0.315 e. The van der Waals surface area contributed by atoms with Gasteiger partial charge in [0.15, 0.2) is 6.10 Å². The number of halogens is 1. The molecule has 0 saturated heterocycles. The van der Waals surface area contributed by atoms with Crippen molar-refractivity contribution in [1.82, 2.24) is 0 Å². The second kappa shape index (κ2) is 10.3. The van der Waals surface area contributed by atoms with Gasteiger partial charge in [-0.3, -0.25) is 14.4 Å². The fourth-order valence-electron chi connectivity index (χ4n) is 2.21. The third kappa shape index (κ3) is 6.59. The van der Waals surface area contributed by atoms with E-state index in [1.54, 1.807) is 62.4 Å². The van der Waals surface area contributed by atoms with Crippen molar-refractivity contribution in [3.05, 3.63) is 53.6 Å². The van der Waals surface area contributed by atoms with Gasteiger partial charge in [-0.15, -0.1) is 0 Å². The molecule has 0 aromatic heterocycles. The van der Waals surface area contributed by atoms with Crippen molar-refractivity contribution in [2.45, 2.75) is 26.4 Å². The van der Waals surface area contributed by atoms with E-state index in [2.05, 4.69) is 10.6 Å². The van der Waals surface area contributed by atoms with Crippen molar-refractivity contribution in [2.24, 2.45) is 0 Å². The number of hydrogen-bond acceptors (Lipinski definition) is 5. The molecule has 1 unspecified atom stereocenters. The van der Waals surface area contributed by atoms with Crippen LogP contribution in [0.1, 0.15) is 20.3 Å². The highest BCUT2D eigenvalue weighted by Crippen LogP contribution is 2.24. The molecule has 28 heavy (non-hydrogen) atoms. The molecule has 0 bridgehead atoms. The summed E-state index contributed by atoms with van der Waals surface area (Å²) in [4.78, 5) is 35.3. The summed E-state index contributed by atoms with van der Waals surface area (Å²) >= 11 is 6.02. The number of nitrogens with one attached hydrogen (secondary N) is 2. The number of hydrogen-bond donors (Lipinski definition) is 2. The van der Waals surface area contributed by atoms with Gasteiger partial charge in [-0.2, -0.15) is 0 Å². The Labute approximate surface area is 168 Å². The molecule has 2 rings (SSSR count). The first-order valence-electron chi connectivity index (χ1n) is 8.66. The van der Waals surface area contributed by atoms with E-state index in [0.29, 0.717) is 22.1 Å². The zero-order valence-corrected chi connectivity index (χ0v) is 16.3. The third-order valence-electron chi connectivity index (χ3n) is 3.56. The van der Waals surface area contributed by atoms with E-state index in [4.69, 9.17) is 21.1 Å². The predicted octanol–water partition coefficient (Wildman–Crippen LogP) is 3.64. The molecule has 0 saturated carbocycles. The average Bonchev–Trinajstić information content (AvgIpc) is 2.65. The Hall–Kier alpha value is -3.06. The number of carbonyl (C=O) groups is 3. The number of para-hydroxylation sites is 1. The van der Waals surface area contributed by atoms with Crippen molar-refractivity contribution < 1.29 is 23.9 Å². The van der Waals surface area contributed by atoms with Crippen molar-refractivity contribution in [2.75, 3.05) is 17.2 Å². The second-order valence-corrected chi connectivity index (χ2v) is 6.19. The molecule has 0 aliphatic carbocycles. The van der Waals surface area contributed by atoms with Gasteiger partial charge in [0.2, 0.25) is 5.91 Å². The van der Waals surface area contributed by atoms with Gasteiger partial charge in [0.05, 0.1) is 11.6 Å². The molecule has 0 aliphatic rings. The third-order valence-corrected chi connectivity index (χ3v) is 3.87. The summed E-state index contributed by atoms with van der Waals surface area (Å²) in [6.07, 6.45) is -1.12. The van der Waals surface area contributed by atoms with Crippen LogP contribution in [0.15, 0.2) is 48.5 Å². The summed E-state index contributed by atoms with van der Waals surface area (Å²) < 4.78 is 10.3. The molecule has 0 spiro atoms. The molecule has 2 amide bonds. The number of esters is 1. The number of benzene rings is 2. The molecule has 0 radical (unpaired) electrons. The number of rotatable bonds is 8. The average molecular weight is 405 g/mol. The van der Waals surface area contributed by atoms with Crippen LogP contribution in [0.3, 0.4) is 0 Å². The molecular weight excluding hydrogens is 384 g/mol. The summed E-state index contributed by atoms with van der Waals surface area (Å²) in [5, 5.41) is 5.72.